The summed E-state index contributed by atoms with van der Waals surface area (Å²) in [5.74, 6) is -0.112. The maximum absolute atomic E-state index is 11.4. The third-order valence-corrected chi connectivity index (χ3v) is 2.45. The van der Waals surface area contributed by atoms with Crippen LogP contribution in [0.5, 0.6) is 0 Å². The number of nitrogens with two attached hydrogens (primary N) is 1. The molecule has 21 heavy (non-hydrogen) atoms. The Labute approximate surface area is 117 Å². The van der Waals surface area contributed by atoms with Crippen LogP contribution >= 0.6 is 7.60 Å². The lowest BCUT2D eigenvalue weighted by molar-refractivity contribution is -0.0452. The number of hydrogen-bond donors (Lipinski definition) is 6. The zero-order valence-electron chi connectivity index (χ0n) is 10.8. The number of hydrogen-bond acceptors (Lipinski definition) is 9. The van der Waals surface area contributed by atoms with Crippen molar-refractivity contribution in [3.05, 3.63) is 16.7 Å². The van der Waals surface area contributed by atoms with E-state index < -0.39 is 26.3 Å². The normalized spacial score (nSPS) is 10.8. The topological polar surface area (TPSA) is 236 Å². The molecule has 14 heteroatoms. The van der Waals surface area contributed by atoms with Gasteiger partial charge >= 0.3 is 7.60 Å². The fourth-order valence-corrected chi connectivity index (χ4v) is 1.56. The lowest BCUT2D eigenvalue weighted by Gasteiger charge is -2.08. The Kier molecular flexibility index (Phi) is 6.44. The molecular formula is C7H16N7O6P. The van der Waals surface area contributed by atoms with Crippen molar-refractivity contribution in [2.24, 2.45) is 0 Å². The summed E-state index contributed by atoms with van der Waals surface area (Å²) >= 11 is 0. The average Bonchev–Trinajstić information content (AvgIpc) is 2.66. The standard InChI is InChI=1S/C7H10N5O6P.2H3N/c8-7-10-5-4(6(13)11-7)9-1-12(5)18-2-17-3-19(14,15)16;;/h1H,2-3H2,(H2,14,15,16)(H3,8,10,11,13);2*1H3. The zero-order chi connectivity index (χ0) is 14.0. The van der Waals surface area contributed by atoms with E-state index in [-0.39, 0.29) is 29.4 Å². The number of H-pyrrole nitrogens is 1. The van der Waals surface area contributed by atoms with Crippen LogP contribution < -0.4 is 28.4 Å². The van der Waals surface area contributed by atoms with Crippen molar-refractivity contribution in [2.75, 3.05) is 18.9 Å². The van der Waals surface area contributed by atoms with Crippen LogP contribution in [0.1, 0.15) is 0 Å². The third-order valence-electron chi connectivity index (χ3n) is 1.93. The van der Waals surface area contributed by atoms with Gasteiger partial charge in [0.1, 0.15) is 6.33 Å². The molecule has 0 spiro atoms. The lowest BCUT2D eigenvalue weighted by atomic mass is 10.5. The number of anilines is 1. The highest BCUT2D eigenvalue weighted by Gasteiger charge is 2.13. The summed E-state index contributed by atoms with van der Waals surface area (Å²) in [5.41, 5.74) is 4.93. The monoisotopic (exact) mass is 325 g/mol. The van der Waals surface area contributed by atoms with Gasteiger partial charge in [-0.2, -0.15) is 4.98 Å². The van der Waals surface area contributed by atoms with Crippen LogP contribution in [0.25, 0.3) is 11.2 Å². The van der Waals surface area contributed by atoms with Gasteiger partial charge in [-0.3, -0.25) is 14.3 Å². The molecule has 0 aromatic carbocycles. The molecular weight excluding hydrogens is 309 g/mol. The van der Waals surface area contributed by atoms with Crippen molar-refractivity contribution in [3.63, 3.8) is 0 Å². The third kappa shape index (κ3) is 4.78. The predicted molar refractivity (Wildman–Crippen MR) is 72.0 cm³/mol. The molecule has 11 N–H and O–H groups in total. The molecule has 2 rings (SSSR count). The van der Waals surface area contributed by atoms with E-state index in [1.807, 2.05) is 0 Å². The molecule has 0 atom stereocenters. The molecule has 0 amide bonds. The SMILES string of the molecule is N.N.Nc1nc2c(ncn2OCOCP(=O)(O)O)c(=O)[nH]1. The van der Waals surface area contributed by atoms with Gasteiger partial charge in [0, 0.05) is 0 Å². The first-order chi connectivity index (χ1) is 8.87. The number of ether oxygens (including phenoxy) is 1. The van der Waals surface area contributed by atoms with Crippen LogP contribution in [0.4, 0.5) is 5.95 Å². The summed E-state index contributed by atoms with van der Waals surface area (Å²) in [5, 5.41) is 0. The van der Waals surface area contributed by atoms with E-state index in [4.69, 9.17) is 20.4 Å². The molecule has 0 aliphatic heterocycles. The first-order valence-electron chi connectivity index (χ1n) is 4.85. The van der Waals surface area contributed by atoms with E-state index in [1.54, 1.807) is 0 Å². The molecule has 0 aliphatic carbocycles. The predicted octanol–water partition coefficient (Wildman–Crippen LogP) is -1.44. The summed E-state index contributed by atoms with van der Waals surface area (Å²) in [6, 6.07) is 0. The van der Waals surface area contributed by atoms with Gasteiger partial charge in [-0.25, -0.2) is 4.98 Å². The minimum Gasteiger partial charge on any atom is -0.382 e. The number of nitrogens with zero attached hydrogens (tertiary/aromatic N) is 3. The quantitative estimate of drug-likeness (QED) is 0.211. The van der Waals surface area contributed by atoms with Crippen LogP contribution in [0.3, 0.4) is 0 Å². The number of aromatic nitrogens is 4. The van der Waals surface area contributed by atoms with Crippen LogP contribution in [0.2, 0.25) is 0 Å². The summed E-state index contributed by atoms with van der Waals surface area (Å²) in [6.45, 7) is -0.453. The summed E-state index contributed by atoms with van der Waals surface area (Å²) < 4.78 is 16.1. The largest absolute Gasteiger partial charge is 0.382 e. The van der Waals surface area contributed by atoms with Crippen molar-refractivity contribution in [2.45, 2.75) is 0 Å². The number of imidazole rings is 1. The fraction of sp³-hybridized carbons (Fsp3) is 0.286. The fourth-order valence-electron chi connectivity index (χ4n) is 1.25. The van der Waals surface area contributed by atoms with E-state index in [0.29, 0.717) is 0 Å². The molecule has 0 saturated carbocycles. The van der Waals surface area contributed by atoms with Gasteiger partial charge in [-0.15, -0.1) is 4.73 Å². The highest BCUT2D eigenvalue weighted by Crippen LogP contribution is 2.33. The van der Waals surface area contributed by atoms with Crippen LogP contribution in [-0.4, -0.2) is 42.6 Å². The molecule has 120 valence electrons. The molecule has 0 bridgehead atoms. The molecule has 0 saturated heterocycles. The summed E-state index contributed by atoms with van der Waals surface area (Å²) in [4.78, 5) is 43.4. The Morgan fingerprint density at radius 2 is 2.10 bits per heavy atom. The Hall–Kier alpha value is -2.02. The Bertz CT molecular complexity index is 692. The Morgan fingerprint density at radius 3 is 2.71 bits per heavy atom. The Morgan fingerprint density at radius 1 is 1.43 bits per heavy atom. The maximum atomic E-state index is 11.4. The minimum atomic E-state index is -4.25. The van der Waals surface area contributed by atoms with Crippen LogP contribution in [0.15, 0.2) is 11.1 Å². The molecule has 0 fully saturated rings. The van der Waals surface area contributed by atoms with Crippen molar-refractivity contribution in [1.82, 2.24) is 32.0 Å². The highest BCUT2D eigenvalue weighted by molar-refractivity contribution is 7.51. The molecule has 2 aromatic heterocycles. The van der Waals surface area contributed by atoms with Gasteiger partial charge in [-0.1, -0.05) is 0 Å². The van der Waals surface area contributed by atoms with Gasteiger partial charge in [0.15, 0.2) is 11.9 Å². The second-order valence-electron chi connectivity index (χ2n) is 3.44. The molecule has 2 aromatic rings. The minimum absolute atomic E-state index is 0. The van der Waals surface area contributed by atoms with Crippen molar-refractivity contribution < 1.29 is 23.9 Å². The molecule has 2 heterocycles. The number of nitrogen functional groups attached to an aromatic ring is 1. The van der Waals surface area contributed by atoms with Gasteiger partial charge < -0.3 is 37.4 Å². The van der Waals surface area contributed by atoms with Crippen molar-refractivity contribution in [3.8, 4) is 0 Å². The first kappa shape index (κ1) is 19.0. The second-order valence-corrected chi connectivity index (χ2v) is 5.03. The molecule has 0 unspecified atom stereocenters. The van der Waals surface area contributed by atoms with Crippen molar-refractivity contribution >= 4 is 24.7 Å². The summed E-state index contributed by atoms with van der Waals surface area (Å²) in [6.07, 6.45) is 0.378. The van der Waals surface area contributed by atoms with E-state index in [2.05, 4.69) is 19.7 Å². The zero-order valence-corrected chi connectivity index (χ0v) is 11.7. The van der Waals surface area contributed by atoms with Gasteiger partial charge in [0.2, 0.25) is 18.4 Å². The van der Waals surface area contributed by atoms with Crippen molar-refractivity contribution in [1.29, 1.82) is 0 Å². The Balaban J connectivity index is 0.00000200. The first-order valence-corrected chi connectivity index (χ1v) is 6.65. The summed E-state index contributed by atoms with van der Waals surface area (Å²) in [7, 11) is -4.25. The van der Waals surface area contributed by atoms with Gasteiger partial charge in [0.05, 0.1) is 0 Å². The van der Waals surface area contributed by atoms with E-state index in [9.17, 15) is 9.36 Å². The maximum Gasteiger partial charge on any atom is 0.351 e. The second kappa shape index (κ2) is 7.12. The smallest absolute Gasteiger partial charge is 0.351 e. The number of aromatic amines is 1. The van der Waals surface area contributed by atoms with E-state index in [1.165, 1.54) is 0 Å². The number of nitrogens with one attached hydrogen (secondary N) is 1. The van der Waals surface area contributed by atoms with Crippen LogP contribution in [0, 0.1) is 0 Å². The average molecular weight is 325 g/mol. The molecule has 0 radical (unpaired) electrons. The molecule has 0 aliphatic rings. The van der Waals surface area contributed by atoms with Gasteiger partial charge in [-0.05, 0) is 0 Å². The lowest BCUT2D eigenvalue weighted by Crippen LogP contribution is -2.17. The highest BCUT2D eigenvalue weighted by atomic mass is 31.2. The van der Waals surface area contributed by atoms with E-state index >= 15 is 0 Å². The van der Waals surface area contributed by atoms with E-state index in [0.717, 1.165) is 11.1 Å². The van der Waals surface area contributed by atoms with Gasteiger partial charge in [0.25, 0.3) is 5.56 Å². The molecule has 13 nitrogen and oxygen atoms in total. The number of rotatable bonds is 5. The van der Waals surface area contributed by atoms with Crippen LogP contribution in [-0.2, 0) is 9.30 Å². The number of fused-ring (bicyclic) bond motifs is 1.